The minimum absolute atomic E-state index is 0.216. The fraction of sp³-hybridized carbons (Fsp3) is 0.500. The lowest BCUT2D eigenvalue weighted by Crippen LogP contribution is -2.07. The Labute approximate surface area is 93.6 Å². The maximum Gasteiger partial charge on any atom is 0.387 e. The van der Waals surface area contributed by atoms with Crippen molar-refractivity contribution in [2.75, 3.05) is 11.9 Å². The number of halogens is 2. The summed E-state index contributed by atoms with van der Waals surface area (Å²) in [6.07, 6.45) is 3.71. The van der Waals surface area contributed by atoms with E-state index >= 15 is 0 Å². The van der Waals surface area contributed by atoms with Crippen LogP contribution in [-0.2, 0) is 0 Å². The van der Waals surface area contributed by atoms with E-state index in [1.54, 1.807) is 24.3 Å². The van der Waals surface area contributed by atoms with Crippen molar-refractivity contribution in [2.24, 2.45) is 5.92 Å². The zero-order valence-corrected chi connectivity index (χ0v) is 8.96. The Morgan fingerprint density at radius 2 is 2.06 bits per heavy atom. The first-order valence-corrected chi connectivity index (χ1v) is 5.53. The molecule has 4 heteroatoms. The van der Waals surface area contributed by atoms with Crippen molar-refractivity contribution in [1.29, 1.82) is 0 Å². The Bertz CT molecular complexity index is 340. The molecule has 0 atom stereocenters. The monoisotopic (exact) mass is 227 g/mol. The van der Waals surface area contributed by atoms with Crippen LogP contribution in [0.25, 0.3) is 0 Å². The van der Waals surface area contributed by atoms with Crippen LogP contribution in [0.1, 0.15) is 19.3 Å². The quantitative estimate of drug-likeness (QED) is 0.803. The number of alkyl halides is 2. The third-order valence-electron chi connectivity index (χ3n) is 2.67. The second kappa shape index (κ2) is 5.14. The first kappa shape index (κ1) is 11.2. The van der Waals surface area contributed by atoms with Crippen molar-refractivity contribution in [2.45, 2.75) is 25.9 Å². The van der Waals surface area contributed by atoms with Gasteiger partial charge in [0, 0.05) is 6.54 Å². The largest absolute Gasteiger partial charge is 0.433 e. The Balaban J connectivity index is 1.89. The van der Waals surface area contributed by atoms with Crippen LogP contribution >= 0.6 is 0 Å². The summed E-state index contributed by atoms with van der Waals surface area (Å²) in [4.78, 5) is 0. The maximum absolute atomic E-state index is 12.1. The third-order valence-corrected chi connectivity index (χ3v) is 2.67. The van der Waals surface area contributed by atoms with E-state index in [1.165, 1.54) is 12.8 Å². The van der Waals surface area contributed by atoms with Crippen molar-refractivity contribution in [1.82, 2.24) is 0 Å². The maximum atomic E-state index is 12.1. The van der Waals surface area contributed by atoms with E-state index in [-0.39, 0.29) is 5.75 Å². The number of para-hydroxylation sites is 2. The van der Waals surface area contributed by atoms with Crippen LogP contribution in [0.5, 0.6) is 5.75 Å². The average molecular weight is 227 g/mol. The summed E-state index contributed by atoms with van der Waals surface area (Å²) in [5, 5.41) is 3.13. The van der Waals surface area contributed by atoms with Crippen molar-refractivity contribution >= 4 is 5.69 Å². The highest BCUT2D eigenvalue weighted by atomic mass is 19.3. The Hall–Kier alpha value is -1.32. The molecule has 0 saturated heterocycles. The van der Waals surface area contributed by atoms with Gasteiger partial charge in [-0.15, -0.1) is 0 Å². The molecule has 0 radical (unpaired) electrons. The molecule has 1 N–H and O–H groups in total. The molecule has 1 aromatic carbocycles. The smallest absolute Gasteiger partial charge is 0.387 e. The average Bonchev–Trinajstić information content (AvgIpc) is 3.04. The standard InChI is InChI=1S/C12H15F2NO/c13-12(14)16-11-4-2-1-3-10(11)15-8-7-9-5-6-9/h1-4,9,12,15H,5-8H2. The van der Waals surface area contributed by atoms with Crippen LogP contribution in [-0.4, -0.2) is 13.2 Å². The molecule has 0 unspecified atom stereocenters. The minimum atomic E-state index is -2.77. The van der Waals surface area contributed by atoms with Gasteiger partial charge < -0.3 is 10.1 Å². The Morgan fingerprint density at radius 1 is 1.31 bits per heavy atom. The van der Waals surface area contributed by atoms with Gasteiger partial charge in [-0.25, -0.2) is 0 Å². The molecule has 1 aliphatic rings. The number of nitrogens with one attached hydrogen (secondary N) is 1. The molecule has 0 bridgehead atoms. The van der Waals surface area contributed by atoms with Crippen LogP contribution in [0.15, 0.2) is 24.3 Å². The minimum Gasteiger partial charge on any atom is -0.433 e. The van der Waals surface area contributed by atoms with Crippen LogP contribution < -0.4 is 10.1 Å². The fourth-order valence-corrected chi connectivity index (χ4v) is 1.63. The van der Waals surface area contributed by atoms with Gasteiger partial charge in [-0.3, -0.25) is 0 Å². The molecule has 2 rings (SSSR count). The third kappa shape index (κ3) is 3.36. The second-order valence-electron chi connectivity index (χ2n) is 4.03. The predicted octanol–water partition coefficient (Wildman–Crippen LogP) is 3.50. The predicted molar refractivity (Wildman–Crippen MR) is 58.9 cm³/mol. The highest BCUT2D eigenvalue weighted by molar-refractivity contribution is 5.56. The van der Waals surface area contributed by atoms with Gasteiger partial charge in [0.2, 0.25) is 0 Å². The molecule has 1 fully saturated rings. The van der Waals surface area contributed by atoms with Gasteiger partial charge in [-0.05, 0) is 24.5 Å². The van der Waals surface area contributed by atoms with Gasteiger partial charge in [0.1, 0.15) is 5.75 Å². The van der Waals surface area contributed by atoms with Crippen molar-refractivity contribution < 1.29 is 13.5 Å². The summed E-state index contributed by atoms with van der Waals surface area (Å²) in [5.74, 6) is 1.05. The van der Waals surface area contributed by atoms with Crippen molar-refractivity contribution in [3.63, 3.8) is 0 Å². The summed E-state index contributed by atoms with van der Waals surface area (Å²) in [5.41, 5.74) is 0.642. The highest BCUT2D eigenvalue weighted by Gasteiger charge is 2.20. The lowest BCUT2D eigenvalue weighted by atomic mass is 10.2. The van der Waals surface area contributed by atoms with Gasteiger partial charge in [0.15, 0.2) is 0 Å². The summed E-state index contributed by atoms with van der Waals surface area (Å²) in [6, 6.07) is 6.79. The second-order valence-corrected chi connectivity index (χ2v) is 4.03. The number of hydrogen-bond acceptors (Lipinski definition) is 2. The normalized spacial score (nSPS) is 15.2. The molecule has 0 aliphatic heterocycles. The number of anilines is 1. The Morgan fingerprint density at radius 3 is 2.75 bits per heavy atom. The SMILES string of the molecule is FC(F)Oc1ccccc1NCCC1CC1. The van der Waals surface area contributed by atoms with Gasteiger partial charge in [-0.1, -0.05) is 25.0 Å². The van der Waals surface area contributed by atoms with E-state index < -0.39 is 6.61 Å². The van der Waals surface area contributed by atoms with E-state index in [0.29, 0.717) is 5.69 Å². The van der Waals surface area contributed by atoms with E-state index in [1.807, 2.05) is 0 Å². The summed E-state index contributed by atoms with van der Waals surface area (Å²) in [7, 11) is 0. The summed E-state index contributed by atoms with van der Waals surface area (Å²) in [6.45, 7) is -1.96. The van der Waals surface area contributed by atoms with Crippen LogP contribution in [0.4, 0.5) is 14.5 Å². The molecule has 1 aliphatic carbocycles. The molecule has 1 saturated carbocycles. The molecule has 0 aromatic heterocycles. The van der Waals surface area contributed by atoms with Gasteiger partial charge >= 0.3 is 6.61 Å². The summed E-state index contributed by atoms with van der Waals surface area (Å²) >= 11 is 0. The number of ether oxygens (including phenoxy) is 1. The van der Waals surface area contributed by atoms with E-state index in [4.69, 9.17) is 0 Å². The molecular formula is C12H15F2NO. The van der Waals surface area contributed by atoms with E-state index in [2.05, 4.69) is 10.1 Å². The number of rotatable bonds is 6. The van der Waals surface area contributed by atoms with Gasteiger partial charge in [0.05, 0.1) is 5.69 Å². The van der Waals surface area contributed by atoms with Crippen molar-refractivity contribution in [3.8, 4) is 5.75 Å². The summed E-state index contributed by atoms with van der Waals surface area (Å²) < 4.78 is 28.6. The molecule has 16 heavy (non-hydrogen) atoms. The van der Waals surface area contributed by atoms with Crippen molar-refractivity contribution in [3.05, 3.63) is 24.3 Å². The lowest BCUT2D eigenvalue weighted by Gasteiger charge is -2.12. The molecule has 0 amide bonds. The van der Waals surface area contributed by atoms with Crippen LogP contribution in [0.3, 0.4) is 0 Å². The molecule has 1 aromatic rings. The highest BCUT2D eigenvalue weighted by Crippen LogP contribution is 2.32. The zero-order valence-electron chi connectivity index (χ0n) is 8.96. The lowest BCUT2D eigenvalue weighted by molar-refractivity contribution is -0.0493. The van der Waals surface area contributed by atoms with E-state index in [9.17, 15) is 8.78 Å². The number of benzene rings is 1. The first-order valence-electron chi connectivity index (χ1n) is 5.53. The fourth-order valence-electron chi connectivity index (χ4n) is 1.63. The molecular weight excluding hydrogens is 212 g/mol. The first-order chi connectivity index (χ1) is 7.75. The van der Waals surface area contributed by atoms with Crippen LogP contribution in [0.2, 0.25) is 0 Å². The Kier molecular flexibility index (Phi) is 3.59. The van der Waals surface area contributed by atoms with Gasteiger partial charge in [-0.2, -0.15) is 8.78 Å². The van der Waals surface area contributed by atoms with Gasteiger partial charge in [0.25, 0.3) is 0 Å². The number of hydrogen-bond donors (Lipinski definition) is 1. The molecule has 88 valence electrons. The molecule has 0 heterocycles. The molecule has 2 nitrogen and oxygen atoms in total. The topological polar surface area (TPSA) is 21.3 Å². The van der Waals surface area contributed by atoms with E-state index in [0.717, 1.165) is 18.9 Å². The van der Waals surface area contributed by atoms with Crippen LogP contribution in [0, 0.1) is 5.92 Å². The molecule has 0 spiro atoms. The zero-order chi connectivity index (χ0) is 11.4.